The molecule has 2 aromatic heterocycles. The van der Waals surface area contributed by atoms with Crippen LogP contribution in [0.3, 0.4) is 0 Å². The number of nitrogens with zero attached hydrogens (tertiary/aromatic N) is 3. The molecule has 0 bridgehead atoms. The van der Waals surface area contributed by atoms with Gasteiger partial charge in [0.05, 0.1) is 11.0 Å². The Labute approximate surface area is 300 Å². The fourth-order valence-corrected chi connectivity index (χ4v) is 4.98. The van der Waals surface area contributed by atoms with E-state index in [1.807, 2.05) is 51.1 Å². The lowest BCUT2D eigenvalue weighted by Gasteiger charge is -2.20. The Morgan fingerprint density at radius 3 is 1.73 bits per heavy atom. The Morgan fingerprint density at radius 2 is 1.23 bits per heavy atom. The van der Waals surface area contributed by atoms with Crippen molar-refractivity contribution in [2.75, 3.05) is 0 Å². The first-order valence-corrected chi connectivity index (χ1v) is 16.8. The van der Waals surface area contributed by atoms with Crippen molar-refractivity contribution >= 4 is 117 Å². The van der Waals surface area contributed by atoms with Crippen LogP contribution in [-0.4, -0.2) is 55.2 Å². The summed E-state index contributed by atoms with van der Waals surface area (Å²) >= 11 is 11.1. The van der Waals surface area contributed by atoms with Crippen LogP contribution in [-0.2, 0) is 18.9 Å². The van der Waals surface area contributed by atoms with Gasteiger partial charge in [0, 0.05) is 19.7 Å². The van der Waals surface area contributed by atoms with Crippen molar-refractivity contribution in [2.24, 2.45) is 0 Å². The summed E-state index contributed by atoms with van der Waals surface area (Å²) in [6.45, 7) is 15.5. The molecule has 0 aliphatic rings. The lowest BCUT2D eigenvalue weighted by Crippen LogP contribution is -2.29. The zero-order valence-electron chi connectivity index (χ0n) is 25.7. The van der Waals surface area contributed by atoms with Gasteiger partial charge in [-0.05, 0) is 144 Å². The van der Waals surface area contributed by atoms with E-state index < -0.39 is 35.2 Å². The van der Waals surface area contributed by atoms with Gasteiger partial charge in [0.2, 0.25) is 0 Å². The Hall–Kier alpha value is -1.99. The van der Waals surface area contributed by atoms with Crippen LogP contribution in [0, 0.1) is 7.40 Å². The summed E-state index contributed by atoms with van der Waals surface area (Å²) in [7, 11) is 0. The molecule has 0 aliphatic carbocycles. The largest absolute Gasteiger partial charge is 0.519 e. The van der Waals surface area contributed by atoms with E-state index in [4.69, 9.17) is 14.2 Å². The van der Waals surface area contributed by atoms with Crippen LogP contribution in [0.25, 0.3) is 21.8 Å². The number of H-pyrrole nitrogens is 1. The highest BCUT2D eigenvalue weighted by Crippen LogP contribution is 2.25. The molecule has 0 fully saturated rings. The molecule has 15 heteroatoms. The number of aromatic nitrogens is 4. The second-order valence-corrected chi connectivity index (χ2v) is 16.0. The van der Waals surface area contributed by atoms with Crippen molar-refractivity contribution in [3.05, 3.63) is 52.7 Å². The first kappa shape index (κ1) is 38.2. The number of carbonyl (C=O) groups excluding carboxylic acids is 3. The number of nitrogens with one attached hydrogen (secondary N) is 1. The van der Waals surface area contributed by atoms with Crippen LogP contribution in [0.5, 0.6) is 0 Å². The van der Waals surface area contributed by atoms with E-state index in [1.54, 1.807) is 41.5 Å². The maximum atomic E-state index is 12.0. The van der Waals surface area contributed by atoms with Crippen molar-refractivity contribution in [3.8, 4) is 0 Å². The highest BCUT2D eigenvalue weighted by molar-refractivity contribution is 14.1. The average molecular weight is 964 g/mol. The highest BCUT2D eigenvalue weighted by Gasteiger charge is 2.24. The van der Waals surface area contributed by atoms with Gasteiger partial charge < -0.3 is 18.9 Å². The van der Waals surface area contributed by atoms with E-state index in [1.165, 1.54) is 10.1 Å². The Kier molecular flexibility index (Phi) is 13.5. The van der Waals surface area contributed by atoms with E-state index in [0.717, 1.165) is 32.8 Å². The van der Waals surface area contributed by atoms with Crippen LogP contribution in [0.4, 0.5) is 14.4 Å². The number of aromatic amines is 1. The van der Waals surface area contributed by atoms with Gasteiger partial charge >= 0.3 is 18.4 Å². The van der Waals surface area contributed by atoms with Gasteiger partial charge in [0.25, 0.3) is 0 Å². The zero-order chi connectivity index (χ0) is 33.6. The van der Waals surface area contributed by atoms with Crippen molar-refractivity contribution in [2.45, 2.75) is 79.1 Å². The summed E-state index contributed by atoms with van der Waals surface area (Å²) < 4.78 is 24.3. The van der Waals surface area contributed by atoms with Crippen molar-refractivity contribution in [3.63, 3.8) is 0 Å². The van der Waals surface area contributed by atoms with Crippen molar-refractivity contribution in [1.29, 1.82) is 0 Å². The number of hydrogen-bond acceptors (Lipinski definition) is 9. The molecule has 0 aliphatic heterocycles. The van der Waals surface area contributed by atoms with Gasteiger partial charge in [-0.2, -0.15) is 14.9 Å². The molecule has 0 saturated carbocycles. The molecule has 4 aromatic rings. The number of benzene rings is 2. The van der Waals surface area contributed by atoms with Crippen LogP contribution in [0.2, 0.25) is 0 Å². The Bertz CT molecular complexity index is 1610. The molecule has 0 amide bonds. The third kappa shape index (κ3) is 13.2. The van der Waals surface area contributed by atoms with Crippen LogP contribution >= 0.6 is 77.0 Å². The summed E-state index contributed by atoms with van der Waals surface area (Å²) in [6.07, 6.45) is -2.58. The SMILES string of the molecule is Brc1ccc2n[nH]c(I)c2c1.CC(C)(C)OC(=O)OC(=O)OC(C)(C)C.CC(C)(C)OC(=O)n1nc(I)c2cc(Br)ccc21. The molecule has 0 saturated heterocycles. The summed E-state index contributed by atoms with van der Waals surface area (Å²) in [5.41, 5.74) is -0.164. The zero-order valence-corrected chi connectivity index (χ0v) is 33.2. The minimum absolute atomic E-state index is 0.460. The van der Waals surface area contributed by atoms with E-state index in [-0.39, 0.29) is 0 Å². The standard InChI is InChI=1S/C12H12BrIN2O2.C10H18O5.C7H4BrIN2/c1-12(2,3)18-11(17)16-9-5-4-7(13)6-8(9)10(14)15-16;1-9(2,3)14-7(11)13-8(12)15-10(4,5)6;8-4-1-2-6-5(3-4)7(9)11-10-6/h4-6H,1-3H3;1-6H3;1-3H,(H,10,11). The maximum absolute atomic E-state index is 12.0. The lowest BCUT2D eigenvalue weighted by atomic mass is 10.2. The van der Waals surface area contributed by atoms with Gasteiger partial charge in [-0.15, -0.1) is 0 Å². The van der Waals surface area contributed by atoms with Gasteiger partial charge in [0.15, 0.2) is 0 Å². The molecule has 240 valence electrons. The molecule has 1 N–H and O–H groups in total. The average Bonchev–Trinajstić information content (AvgIpc) is 3.35. The number of halogens is 4. The smallest absolute Gasteiger partial charge is 0.442 e. The van der Waals surface area contributed by atoms with Gasteiger partial charge in [-0.1, -0.05) is 31.9 Å². The second kappa shape index (κ2) is 15.5. The number of carbonyl (C=O) groups is 3. The van der Waals surface area contributed by atoms with Gasteiger partial charge in [-0.3, -0.25) is 5.10 Å². The van der Waals surface area contributed by atoms with Gasteiger partial charge in [0.1, 0.15) is 24.2 Å². The first-order valence-electron chi connectivity index (χ1n) is 13.0. The van der Waals surface area contributed by atoms with E-state index in [0.29, 0.717) is 0 Å². The summed E-state index contributed by atoms with van der Waals surface area (Å²) in [5, 5.41) is 13.3. The third-order valence-electron chi connectivity index (χ3n) is 4.58. The minimum Gasteiger partial charge on any atom is -0.442 e. The van der Waals surface area contributed by atoms with Gasteiger partial charge in [-0.25, -0.2) is 14.4 Å². The Morgan fingerprint density at radius 1 is 0.750 bits per heavy atom. The predicted molar refractivity (Wildman–Crippen MR) is 192 cm³/mol. The molecule has 11 nitrogen and oxygen atoms in total. The highest BCUT2D eigenvalue weighted by atomic mass is 127. The molecule has 0 radical (unpaired) electrons. The summed E-state index contributed by atoms with van der Waals surface area (Å²) in [5.74, 6) is 0. The van der Waals surface area contributed by atoms with Crippen molar-refractivity contribution in [1.82, 2.24) is 20.0 Å². The van der Waals surface area contributed by atoms with Crippen LogP contribution in [0.1, 0.15) is 62.3 Å². The monoisotopic (exact) mass is 962 g/mol. The minimum atomic E-state index is -1.06. The fraction of sp³-hybridized carbons (Fsp3) is 0.414. The molecular weight excluding hydrogens is 930 g/mol. The first-order chi connectivity index (χ1) is 20.0. The molecule has 0 unspecified atom stereocenters. The van der Waals surface area contributed by atoms with E-state index >= 15 is 0 Å². The van der Waals surface area contributed by atoms with Crippen LogP contribution in [0.15, 0.2) is 45.3 Å². The molecule has 2 aromatic carbocycles. The number of hydrogen-bond donors (Lipinski definition) is 1. The second-order valence-electron chi connectivity index (χ2n) is 12.1. The molecule has 2 heterocycles. The molecular formula is C29H34Br2I2N4O7. The summed E-state index contributed by atoms with van der Waals surface area (Å²) in [6, 6.07) is 11.7. The lowest BCUT2D eigenvalue weighted by molar-refractivity contribution is -0.0294. The topological polar surface area (TPSA) is 135 Å². The van der Waals surface area contributed by atoms with E-state index in [9.17, 15) is 14.4 Å². The molecule has 4 rings (SSSR count). The normalized spacial score (nSPS) is 11.6. The fourth-order valence-electron chi connectivity index (χ4n) is 3.06. The Balaban J connectivity index is 0.000000237. The maximum Gasteiger partial charge on any atom is 0.519 e. The predicted octanol–water partition coefficient (Wildman–Crippen LogP) is 9.99. The number of rotatable bonds is 0. The summed E-state index contributed by atoms with van der Waals surface area (Å²) in [4.78, 5) is 34.1. The molecule has 44 heavy (non-hydrogen) atoms. The van der Waals surface area contributed by atoms with Crippen LogP contribution < -0.4 is 0 Å². The molecule has 0 atom stereocenters. The quantitative estimate of drug-likeness (QED) is 0.0791. The van der Waals surface area contributed by atoms with Crippen molar-refractivity contribution < 1.29 is 33.3 Å². The number of ether oxygens (including phenoxy) is 4. The molecule has 0 spiro atoms. The number of fused-ring (bicyclic) bond motifs is 2. The third-order valence-corrected chi connectivity index (χ3v) is 7.18. The van der Waals surface area contributed by atoms with E-state index in [2.05, 4.69) is 103 Å².